The van der Waals surface area contributed by atoms with Crippen LogP contribution in [0.1, 0.15) is 5.56 Å². The molecule has 0 fully saturated rings. The van der Waals surface area contributed by atoms with E-state index in [2.05, 4.69) is 0 Å². The fourth-order valence-corrected chi connectivity index (χ4v) is 2.20. The van der Waals surface area contributed by atoms with Crippen molar-refractivity contribution in [1.82, 2.24) is 0 Å². The molecule has 2 rings (SSSR count). The van der Waals surface area contributed by atoms with Crippen LogP contribution in [0.15, 0.2) is 47.4 Å². The number of hydrogen-bond acceptors (Lipinski definition) is 3. The minimum Gasteiger partial charge on any atom is -0.192 e. The molecule has 0 saturated carbocycles. The van der Waals surface area contributed by atoms with Crippen LogP contribution in [-0.2, 0) is 0 Å². The first kappa shape index (κ1) is 11.1. The molecule has 1 aromatic heterocycles. The van der Waals surface area contributed by atoms with E-state index in [9.17, 15) is 0 Å². The zero-order valence-electron chi connectivity index (χ0n) is 8.92. The molecule has 0 bridgehead atoms. The second-order valence-corrected chi connectivity index (χ2v) is 4.33. The fourth-order valence-electron chi connectivity index (χ4n) is 1.48. The van der Waals surface area contributed by atoms with E-state index < -0.39 is 0 Å². The van der Waals surface area contributed by atoms with E-state index in [1.807, 2.05) is 53.9 Å². The van der Waals surface area contributed by atoms with Crippen molar-refractivity contribution in [2.75, 3.05) is 0 Å². The second-order valence-electron chi connectivity index (χ2n) is 3.38. The molecule has 17 heavy (non-hydrogen) atoms. The van der Waals surface area contributed by atoms with Crippen molar-refractivity contribution >= 4 is 17.4 Å². The van der Waals surface area contributed by atoms with Gasteiger partial charge in [0.25, 0.3) is 0 Å². The molecule has 0 N–H and O–H groups in total. The van der Waals surface area contributed by atoms with Gasteiger partial charge in [-0.25, -0.2) is 0 Å². The molecule has 0 unspecified atom stereocenters. The summed E-state index contributed by atoms with van der Waals surface area (Å²) in [6, 6.07) is 15.6. The van der Waals surface area contributed by atoms with Crippen molar-refractivity contribution in [3.05, 3.63) is 52.9 Å². The highest BCUT2D eigenvalue weighted by molar-refractivity contribution is 7.13. The van der Waals surface area contributed by atoms with Gasteiger partial charge in [-0.15, -0.1) is 11.3 Å². The van der Waals surface area contributed by atoms with E-state index in [-0.39, 0.29) is 5.57 Å². The van der Waals surface area contributed by atoms with Gasteiger partial charge >= 0.3 is 0 Å². The molecule has 2 nitrogen and oxygen atoms in total. The Kier molecular flexibility index (Phi) is 3.35. The number of rotatable bonds is 2. The Bertz CT molecular complexity index is 609. The lowest BCUT2D eigenvalue weighted by atomic mass is 10.1. The number of allylic oxidation sites excluding steroid dienone is 1. The summed E-state index contributed by atoms with van der Waals surface area (Å²) in [5.41, 5.74) is 2.09. The van der Waals surface area contributed by atoms with Crippen LogP contribution in [0.2, 0.25) is 0 Å². The third-order valence-corrected chi connectivity index (χ3v) is 3.16. The van der Waals surface area contributed by atoms with Gasteiger partial charge in [-0.1, -0.05) is 24.3 Å². The molecule has 0 saturated heterocycles. The van der Waals surface area contributed by atoms with Gasteiger partial charge in [-0.2, -0.15) is 10.5 Å². The van der Waals surface area contributed by atoms with Crippen LogP contribution < -0.4 is 0 Å². The third kappa shape index (κ3) is 2.60. The van der Waals surface area contributed by atoms with Crippen molar-refractivity contribution in [1.29, 1.82) is 10.5 Å². The Morgan fingerprint density at radius 2 is 1.94 bits per heavy atom. The summed E-state index contributed by atoms with van der Waals surface area (Å²) in [7, 11) is 0. The highest BCUT2D eigenvalue weighted by Gasteiger charge is 2.00. The van der Waals surface area contributed by atoms with Crippen molar-refractivity contribution < 1.29 is 0 Å². The fraction of sp³-hybridized carbons (Fsp3) is 0. The van der Waals surface area contributed by atoms with Gasteiger partial charge in [0.15, 0.2) is 0 Å². The van der Waals surface area contributed by atoms with Gasteiger partial charge in [-0.3, -0.25) is 0 Å². The summed E-state index contributed by atoms with van der Waals surface area (Å²) in [6.07, 6.45) is 1.59. The van der Waals surface area contributed by atoms with Crippen LogP contribution in [0.4, 0.5) is 0 Å². The molecule has 3 heteroatoms. The maximum Gasteiger partial charge on any atom is 0.130 e. The summed E-state index contributed by atoms with van der Waals surface area (Å²) in [4.78, 5) is 1.18. The third-order valence-electron chi connectivity index (χ3n) is 2.24. The largest absolute Gasteiger partial charge is 0.192 e. The van der Waals surface area contributed by atoms with Crippen LogP contribution in [0, 0.1) is 22.7 Å². The highest BCUT2D eigenvalue weighted by atomic mass is 32.1. The van der Waals surface area contributed by atoms with Gasteiger partial charge < -0.3 is 0 Å². The first-order valence-electron chi connectivity index (χ1n) is 4.99. The molecule has 0 aliphatic carbocycles. The molecule has 0 atom stereocenters. The van der Waals surface area contributed by atoms with Crippen LogP contribution in [0.25, 0.3) is 16.5 Å². The van der Waals surface area contributed by atoms with E-state index in [0.717, 1.165) is 11.1 Å². The van der Waals surface area contributed by atoms with Crippen molar-refractivity contribution in [2.45, 2.75) is 0 Å². The Balaban J connectivity index is 2.41. The molecule has 1 heterocycles. The van der Waals surface area contributed by atoms with E-state index in [1.165, 1.54) is 4.88 Å². The number of nitrogens with zero attached hydrogens (tertiary/aromatic N) is 2. The van der Waals surface area contributed by atoms with Gasteiger partial charge in [0.1, 0.15) is 17.7 Å². The normalized spacial score (nSPS) is 9.06. The van der Waals surface area contributed by atoms with Crippen LogP contribution in [0.3, 0.4) is 0 Å². The zero-order chi connectivity index (χ0) is 12.1. The Morgan fingerprint density at radius 1 is 1.12 bits per heavy atom. The first-order valence-corrected chi connectivity index (χ1v) is 5.87. The molecule has 2 aromatic rings. The predicted molar refractivity (Wildman–Crippen MR) is 69.0 cm³/mol. The van der Waals surface area contributed by atoms with Gasteiger partial charge in [0.2, 0.25) is 0 Å². The van der Waals surface area contributed by atoms with Crippen LogP contribution >= 0.6 is 11.3 Å². The number of nitriles is 2. The van der Waals surface area contributed by atoms with Crippen LogP contribution in [0.5, 0.6) is 0 Å². The molecule has 0 spiro atoms. The van der Waals surface area contributed by atoms with E-state index >= 15 is 0 Å². The number of benzene rings is 1. The lowest BCUT2D eigenvalue weighted by molar-refractivity contribution is 1.47. The molecule has 0 radical (unpaired) electrons. The summed E-state index contributed by atoms with van der Waals surface area (Å²) < 4.78 is 0. The minimum absolute atomic E-state index is 0.119. The molecule has 0 aliphatic heterocycles. The molecule has 0 amide bonds. The number of thiophene rings is 1. The molecular weight excluding hydrogens is 228 g/mol. The van der Waals surface area contributed by atoms with Crippen molar-refractivity contribution in [3.63, 3.8) is 0 Å². The van der Waals surface area contributed by atoms with Crippen LogP contribution in [-0.4, -0.2) is 0 Å². The van der Waals surface area contributed by atoms with Gasteiger partial charge in [0, 0.05) is 4.88 Å². The highest BCUT2D eigenvalue weighted by Crippen LogP contribution is 2.25. The van der Waals surface area contributed by atoms with E-state index in [0.29, 0.717) is 0 Å². The average Bonchev–Trinajstić information content (AvgIpc) is 2.90. The van der Waals surface area contributed by atoms with Crippen molar-refractivity contribution in [3.8, 4) is 22.6 Å². The van der Waals surface area contributed by atoms with Crippen molar-refractivity contribution in [2.24, 2.45) is 0 Å². The maximum absolute atomic E-state index is 8.70. The zero-order valence-corrected chi connectivity index (χ0v) is 9.74. The Hall–Kier alpha value is -2.36. The summed E-state index contributed by atoms with van der Waals surface area (Å²) >= 11 is 1.66. The topological polar surface area (TPSA) is 47.6 Å². The van der Waals surface area contributed by atoms with E-state index in [1.54, 1.807) is 17.4 Å². The maximum atomic E-state index is 8.70. The lowest BCUT2D eigenvalue weighted by Gasteiger charge is -1.99. The quantitative estimate of drug-likeness (QED) is 0.743. The minimum atomic E-state index is 0.119. The number of hydrogen-bond donors (Lipinski definition) is 0. The first-order chi connectivity index (χ1) is 8.33. The monoisotopic (exact) mass is 236 g/mol. The second kappa shape index (κ2) is 5.12. The molecular formula is C14H8N2S. The summed E-state index contributed by atoms with van der Waals surface area (Å²) in [5.74, 6) is 0. The molecule has 1 aromatic carbocycles. The Labute approximate surface area is 104 Å². The summed E-state index contributed by atoms with van der Waals surface area (Å²) in [6.45, 7) is 0. The van der Waals surface area contributed by atoms with Gasteiger partial charge in [-0.05, 0) is 34.7 Å². The molecule has 80 valence electrons. The molecule has 0 aliphatic rings. The smallest absolute Gasteiger partial charge is 0.130 e. The van der Waals surface area contributed by atoms with Gasteiger partial charge in [0.05, 0.1) is 0 Å². The van der Waals surface area contributed by atoms with E-state index in [4.69, 9.17) is 10.5 Å². The lowest BCUT2D eigenvalue weighted by Crippen LogP contribution is -1.78. The average molecular weight is 236 g/mol. The summed E-state index contributed by atoms with van der Waals surface area (Å²) in [5, 5.41) is 19.4. The SMILES string of the molecule is N#CC(C#N)=Cc1cccc(-c2cccs2)c1. The predicted octanol–water partition coefficient (Wildman–Crippen LogP) is 3.85. The Morgan fingerprint density at radius 3 is 2.59 bits per heavy atom. The standard InChI is InChI=1S/C14H8N2S/c15-9-12(10-16)7-11-3-1-4-13(8-11)14-5-2-6-17-14/h1-8H.